The van der Waals surface area contributed by atoms with E-state index >= 15 is 0 Å². The van der Waals surface area contributed by atoms with Gasteiger partial charge < -0.3 is 10.6 Å². The Balaban J connectivity index is 2.34. The van der Waals surface area contributed by atoms with Crippen LogP contribution >= 0.6 is 0 Å². The average Bonchev–Trinajstić information content (AvgIpc) is 2.42. The molecule has 2 N–H and O–H groups in total. The van der Waals surface area contributed by atoms with Gasteiger partial charge in [0.15, 0.2) is 5.78 Å². The quantitative estimate of drug-likeness (QED) is 0.735. The van der Waals surface area contributed by atoms with Gasteiger partial charge in [0.1, 0.15) is 0 Å². The van der Waals surface area contributed by atoms with Gasteiger partial charge in [0.05, 0.1) is 0 Å². The van der Waals surface area contributed by atoms with Crippen LogP contribution in [0.5, 0.6) is 0 Å². The van der Waals surface area contributed by atoms with Gasteiger partial charge in [0.2, 0.25) is 5.91 Å². The number of carbonyl (C=O) groups excluding carboxylic acids is 2. The number of ketones is 1. The highest BCUT2D eigenvalue weighted by molar-refractivity contribution is 5.97. The fourth-order valence-electron chi connectivity index (χ4n) is 1.57. The van der Waals surface area contributed by atoms with Gasteiger partial charge in [-0.15, -0.1) is 0 Å². The normalized spacial score (nSPS) is 11.9. The molecule has 0 bridgehead atoms. The first-order chi connectivity index (χ1) is 9.02. The summed E-state index contributed by atoms with van der Waals surface area (Å²) in [5.41, 5.74) is 1.79. The second-order valence-corrected chi connectivity index (χ2v) is 4.78. The van der Waals surface area contributed by atoms with Crippen LogP contribution in [0.4, 0.5) is 0 Å². The zero-order chi connectivity index (χ0) is 14.3. The fourth-order valence-corrected chi connectivity index (χ4v) is 1.57. The monoisotopic (exact) mass is 262 g/mol. The van der Waals surface area contributed by atoms with E-state index in [0.717, 1.165) is 5.56 Å². The molecule has 0 heterocycles. The zero-order valence-corrected chi connectivity index (χ0v) is 11.8. The Morgan fingerprint density at radius 3 is 2.37 bits per heavy atom. The molecule has 0 saturated carbocycles. The molecule has 0 fully saturated rings. The van der Waals surface area contributed by atoms with E-state index in [9.17, 15) is 9.59 Å². The number of Topliss-reactive ketones (excluding diaryl/α,β-unsaturated/α-hetero) is 1. The highest BCUT2D eigenvalue weighted by Gasteiger charge is 2.09. The molecule has 4 nitrogen and oxygen atoms in total. The molecule has 1 amide bonds. The lowest BCUT2D eigenvalue weighted by Gasteiger charge is -2.11. The van der Waals surface area contributed by atoms with Gasteiger partial charge in [-0.2, -0.15) is 0 Å². The molecule has 0 saturated heterocycles. The maximum absolute atomic E-state index is 11.9. The summed E-state index contributed by atoms with van der Waals surface area (Å²) in [6, 6.07) is 7.65. The maximum Gasteiger partial charge on any atom is 0.220 e. The van der Waals surface area contributed by atoms with Crippen molar-refractivity contribution in [3.63, 3.8) is 0 Å². The summed E-state index contributed by atoms with van der Waals surface area (Å²) in [6.07, 6.45) is 0.492. The van der Waals surface area contributed by atoms with Gasteiger partial charge in [-0.25, -0.2) is 0 Å². The number of hydrogen-bond acceptors (Lipinski definition) is 3. The molecule has 1 unspecified atom stereocenters. The van der Waals surface area contributed by atoms with Crippen molar-refractivity contribution in [1.29, 1.82) is 0 Å². The molecule has 1 aromatic carbocycles. The third kappa shape index (κ3) is 5.66. The van der Waals surface area contributed by atoms with Crippen molar-refractivity contribution >= 4 is 11.7 Å². The van der Waals surface area contributed by atoms with Crippen LogP contribution in [-0.4, -0.2) is 31.3 Å². The van der Waals surface area contributed by atoms with Crippen LogP contribution in [0.25, 0.3) is 0 Å². The van der Waals surface area contributed by atoms with Crippen LogP contribution in [0.15, 0.2) is 24.3 Å². The molecular formula is C15H22N2O2. The van der Waals surface area contributed by atoms with Crippen molar-refractivity contribution in [2.24, 2.45) is 0 Å². The smallest absolute Gasteiger partial charge is 0.220 e. The SMILES string of the molecule is CNC(C)CNC(=O)CCC(=O)c1ccc(C)cc1. The van der Waals surface area contributed by atoms with Crippen LogP contribution in [0.2, 0.25) is 0 Å². The van der Waals surface area contributed by atoms with Gasteiger partial charge in [0.25, 0.3) is 0 Å². The van der Waals surface area contributed by atoms with E-state index < -0.39 is 0 Å². The number of nitrogens with one attached hydrogen (secondary N) is 2. The van der Waals surface area contributed by atoms with E-state index in [1.54, 1.807) is 12.1 Å². The molecule has 0 aromatic heterocycles. The summed E-state index contributed by atoms with van der Waals surface area (Å²) < 4.78 is 0. The molecule has 0 aliphatic rings. The van der Waals surface area contributed by atoms with E-state index in [1.165, 1.54) is 0 Å². The molecular weight excluding hydrogens is 240 g/mol. The first-order valence-electron chi connectivity index (χ1n) is 6.56. The average molecular weight is 262 g/mol. The van der Waals surface area contributed by atoms with Crippen LogP contribution < -0.4 is 10.6 Å². The number of benzene rings is 1. The number of amides is 1. The number of likely N-dealkylation sites (N-methyl/N-ethyl adjacent to an activating group) is 1. The molecule has 19 heavy (non-hydrogen) atoms. The highest BCUT2D eigenvalue weighted by atomic mass is 16.2. The molecule has 1 rings (SSSR count). The van der Waals surface area contributed by atoms with Gasteiger partial charge in [-0.05, 0) is 20.9 Å². The van der Waals surface area contributed by atoms with Crippen molar-refractivity contribution in [3.8, 4) is 0 Å². The lowest BCUT2D eigenvalue weighted by atomic mass is 10.0. The van der Waals surface area contributed by atoms with Gasteiger partial charge in [-0.3, -0.25) is 9.59 Å². The summed E-state index contributed by atoms with van der Waals surface area (Å²) in [5.74, 6) is -0.0700. The second-order valence-electron chi connectivity index (χ2n) is 4.78. The van der Waals surface area contributed by atoms with Crippen LogP contribution in [0.1, 0.15) is 35.7 Å². The van der Waals surface area contributed by atoms with Crippen molar-refractivity contribution in [1.82, 2.24) is 10.6 Å². The minimum atomic E-state index is -0.0810. The summed E-state index contributed by atoms with van der Waals surface area (Å²) in [5, 5.41) is 5.83. The predicted molar refractivity (Wildman–Crippen MR) is 76.3 cm³/mol. The lowest BCUT2D eigenvalue weighted by Crippen LogP contribution is -2.37. The van der Waals surface area contributed by atoms with Gasteiger partial charge >= 0.3 is 0 Å². The molecule has 4 heteroatoms. The van der Waals surface area contributed by atoms with Crippen molar-refractivity contribution in [3.05, 3.63) is 35.4 Å². The number of aryl methyl sites for hydroxylation is 1. The van der Waals surface area contributed by atoms with Crippen molar-refractivity contribution < 1.29 is 9.59 Å². The van der Waals surface area contributed by atoms with E-state index in [1.807, 2.05) is 33.0 Å². The molecule has 0 spiro atoms. The third-order valence-corrected chi connectivity index (χ3v) is 3.05. The Morgan fingerprint density at radius 2 is 1.79 bits per heavy atom. The topological polar surface area (TPSA) is 58.2 Å². The van der Waals surface area contributed by atoms with Crippen molar-refractivity contribution in [2.45, 2.75) is 32.7 Å². The Morgan fingerprint density at radius 1 is 1.16 bits per heavy atom. The largest absolute Gasteiger partial charge is 0.355 e. The zero-order valence-electron chi connectivity index (χ0n) is 11.8. The van der Waals surface area contributed by atoms with Gasteiger partial charge in [-0.1, -0.05) is 29.8 Å². The minimum Gasteiger partial charge on any atom is -0.355 e. The summed E-state index contributed by atoms with van der Waals surface area (Å²) in [4.78, 5) is 23.4. The van der Waals surface area contributed by atoms with Crippen LogP contribution in [-0.2, 0) is 4.79 Å². The Kier molecular flexibility index (Phi) is 6.22. The standard InChI is InChI=1S/C15H22N2O2/c1-11-4-6-13(7-5-11)14(18)8-9-15(19)17-10-12(2)16-3/h4-7,12,16H,8-10H2,1-3H3,(H,17,19). The number of hydrogen-bond donors (Lipinski definition) is 2. The molecule has 0 aliphatic heterocycles. The molecule has 1 atom stereocenters. The fraction of sp³-hybridized carbons (Fsp3) is 0.467. The Hall–Kier alpha value is -1.68. The number of rotatable bonds is 7. The Bertz CT molecular complexity index is 426. The first kappa shape index (κ1) is 15.4. The maximum atomic E-state index is 11.9. The number of carbonyl (C=O) groups is 2. The third-order valence-electron chi connectivity index (χ3n) is 3.05. The van der Waals surface area contributed by atoms with Crippen LogP contribution in [0.3, 0.4) is 0 Å². The van der Waals surface area contributed by atoms with E-state index in [0.29, 0.717) is 12.1 Å². The van der Waals surface area contributed by atoms with E-state index in [4.69, 9.17) is 0 Å². The predicted octanol–water partition coefficient (Wildman–Crippen LogP) is 1.68. The minimum absolute atomic E-state index is 0.0109. The molecule has 104 valence electrons. The molecule has 0 radical (unpaired) electrons. The summed E-state index contributed by atoms with van der Waals surface area (Å²) in [6.45, 7) is 4.54. The van der Waals surface area contributed by atoms with Crippen LogP contribution in [0, 0.1) is 6.92 Å². The summed E-state index contributed by atoms with van der Waals surface area (Å²) in [7, 11) is 1.84. The van der Waals surface area contributed by atoms with E-state index in [-0.39, 0.29) is 30.6 Å². The Labute approximate surface area is 114 Å². The molecule has 1 aromatic rings. The van der Waals surface area contributed by atoms with Crippen molar-refractivity contribution in [2.75, 3.05) is 13.6 Å². The molecule has 0 aliphatic carbocycles. The second kappa shape index (κ2) is 7.69. The first-order valence-corrected chi connectivity index (χ1v) is 6.56. The lowest BCUT2D eigenvalue weighted by molar-refractivity contribution is -0.121. The highest BCUT2D eigenvalue weighted by Crippen LogP contribution is 2.07. The van der Waals surface area contributed by atoms with E-state index in [2.05, 4.69) is 10.6 Å². The van der Waals surface area contributed by atoms with Gasteiger partial charge in [0, 0.05) is 31.0 Å². The summed E-state index contributed by atoms with van der Waals surface area (Å²) >= 11 is 0.